The van der Waals surface area contributed by atoms with Crippen LogP contribution in [0, 0.1) is 0 Å². The molecule has 1 heterocycles. The highest BCUT2D eigenvalue weighted by Gasteiger charge is 2.37. The van der Waals surface area contributed by atoms with Gasteiger partial charge in [-0.25, -0.2) is 9.98 Å². The summed E-state index contributed by atoms with van der Waals surface area (Å²) in [5.74, 6) is 1.69. The van der Waals surface area contributed by atoms with Crippen LogP contribution in [0.1, 0.15) is 72.8 Å². The average Bonchev–Trinajstić information content (AvgIpc) is 3.47. The van der Waals surface area contributed by atoms with E-state index in [1.807, 2.05) is 0 Å². The fraction of sp³-hybridized carbons (Fsp3) is 0.163. The van der Waals surface area contributed by atoms with Gasteiger partial charge in [0.05, 0.1) is 0 Å². The topological polar surface area (TPSA) is 36.8 Å². The maximum atomic E-state index is 5.32. The van der Waals surface area contributed by atoms with Crippen molar-refractivity contribution < 1.29 is 0 Å². The molecule has 1 atom stereocenters. The number of hydrogen-bond donors (Lipinski definition) is 1. The first kappa shape index (κ1) is 27.1. The molecule has 0 radical (unpaired) electrons. The number of rotatable bonds is 3. The van der Waals surface area contributed by atoms with Gasteiger partial charge in [0.2, 0.25) is 0 Å². The SMILES string of the molecule is CC1(C)c2ccccc2-c2ccc(C3=NC(c4ccc5c(c4)C(C)(C)c4ccccc4-5)N=C(c4ccc5ccccc5c4)N3)cc21. The molecule has 0 amide bonds. The number of nitrogens with zero attached hydrogens (tertiary/aromatic N) is 2. The van der Waals surface area contributed by atoms with Crippen molar-refractivity contribution in [3.05, 3.63) is 166 Å². The van der Waals surface area contributed by atoms with E-state index in [4.69, 9.17) is 9.98 Å². The van der Waals surface area contributed by atoms with Gasteiger partial charge in [-0.2, -0.15) is 0 Å². The maximum Gasteiger partial charge on any atom is 0.169 e. The molecule has 6 aromatic carbocycles. The molecule has 0 bridgehead atoms. The second kappa shape index (κ2) is 9.61. The number of nitrogens with one attached hydrogen (secondary N) is 1. The molecule has 222 valence electrons. The van der Waals surface area contributed by atoms with Gasteiger partial charge in [0.25, 0.3) is 0 Å². The highest BCUT2D eigenvalue weighted by Crippen LogP contribution is 2.50. The summed E-state index contributed by atoms with van der Waals surface area (Å²) in [6, 6.07) is 46.3. The van der Waals surface area contributed by atoms with Crippen molar-refractivity contribution in [2.45, 2.75) is 44.7 Å². The predicted molar refractivity (Wildman–Crippen MR) is 191 cm³/mol. The molecular formula is C43H35N3. The van der Waals surface area contributed by atoms with Crippen LogP contribution in [0.15, 0.2) is 137 Å². The lowest BCUT2D eigenvalue weighted by Crippen LogP contribution is -2.36. The normalized spacial score (nSPS) is 18.1. The summed E-state index contributed by atoms with van der Waals surface area (Å²) in [7, 11) is 0. The molecule has 0 aromatic heterocycles. The summed E-state index contributed by atoms with van der Waals surface area (Å²) < 4.78 is 0. The van der Waals surface area contributed by atoms with Crippen molar-refractivity contribution in [3.63, 3.8) is 0 Å². The molecule has 2 aliphatic carbocycles. The lowest BCUT2D eigenvalue weighted by molar-refractivity contribution is 0.656. The van der Waals surface area contributed by atoms with Crippen LogP contribution in [0.4, 0.5) is 0 Å². The van der Waals surface area contributed by atoms with Crippen LogP contribution in [-0.2, 0) is 10.8 Å². The Morgan fingerprint density at radius 2 is 0.957 bits per heavy atom. The zero-order chi connectivity index (χ0) is 31.2. The van der Waals surface area contributed by atoms with Crippen LogP contribution in [0.5, 0.6) is 0 Å². The van der Waals surface area contributed by atoms with Crippen molar-refractivity contribution in [3.8, 4) is 22.3 Å². The zero-order valence-corrected chi connectivity index (χ0v) is 26.6. The van der Waals surface area contributed by atoms with Crippen LogP contribution >= 0.6 is 0 Å². The second-order valence-corrected chi connectivity index (χ2v) is 13.9. The third kappa shape index (κ3) is 3.91. The fourth-order valence-electron chi connectivity index (χ4n) is 7.96. The van der Waals surface area contributed by atoms with E-state index in [0.29, 0.717) is 0 Å². The fourth-order valence-corrected chi connectivity index (χ4v) is 7.96. The molecule has 0 saturated carbocycles. The Kier molecular flexibility index (Phi) is 5.65. The van der Waals surface area contributed by atoms with E-state index in [1.54, 1.807) is 0 Å². The minimum atomic E-state index is -0.374. The summed E-state index contributed by atoms with van der Waals surface area (Å²) in [6.45, 7) is 9.30. The zero-order valence-electron chi connectivity index (χ0n) is 26.6. The Morgan fingerprint density at radius 1 is 0.457 bits per heavy atom. The van der Waals surface area contributed by atoms with Crippen molar-refractivity contribution in [1.29, 1.82) is 0 Å². The van der Waals surface area contributed by atoms with Crippen molar-refractivity contribution in [2.75, 3.05) is 0 Å². The van der Waals surface area contributed by atoms with Crippen molar-refractivity contribution in [2.24, 2.45) is 9.98 Å². The van der Waals surface area contributed by atoms with Gasteiger partial charge in [-0.1, -0.05) is 143 Å². The molecule has 1 unspecified atom stereocenters. The molecular weight excluding hydrogens is 558 g/mol. The molecule has 0 saturated heterocycles. The number of aliphatic imine (C=N–C) groups is 2. The Balaban J connectivity index is 1.18. The lowest BCUT2D eigenvalue weighted by atomic mass is 9.82. The Morgan fingerprint density at radius 3 is 1.63 bits per heavy atom. The smallest absolute Gasteiger partial charge is 0.169 e. The number of benzene rings is 6. The Labute approximate surface area is 270 Å². The number of hydrogen-bond acceptors (Lipinski definition) is 3. The molecule has 3 nitrogen and oxygen atoms in total. The first-order valence-electron chi connectivity index (χ1n) is 16.2. The molecule has 6 aromatic rings. The van der Waals surface area contributed by atoms with Gasteiger partial charge in [0.1, 0.15) is 11.7 Å². The van der Waals surface area contributed by atoms with Crippen molar-refractivity contribution >= 4 is 22.4 Å². The van der Waals surface area contributed by atoms with Crippen LogP contribution < -0.4 is 5.32 Å². The molecule has 9 rings (SSSR count). The van der Waals surface area contributed by atoms with E-state index in [1.165, 1.54) is 55.3 Å². The van der Waals surface area contributed by atoms with E-state index in [-0.39, 0.29) is 17.0 Å². The van der Waals surface area contributed by atoms with E-state index >= 15 is 0 Å². The third-order valence-electron chi connectivity index (χ3n) is 10.5. The van der Waals surface area contributed by atoms with E-state index in [0.717, 1.165) is 28.4 Å². The van der Waals surface area contributed by atoms with Crippen LogP contribution in [0.25, 0.3) is 33.0 Å². The highest BCUT2D eigenvalue weighted by atomic mass is 15.2. The molecule has 3 aliphatic rings. The van der Waals surface area contributed by atoms with E-state index in [2.05, 4.69) is 160 Å². The van der Waals surface area contributed by atoms with Crippen LogP contribution in [0.3, 0.4) is 0 Å². The molecule has 0 fully saturated rings. The molecule has 1 N–H and O–H groups in total. The van der Waals surface area contributed by atoms with Gasteiger partial charge < -0.3 is 5.32 Å². The Bertz CT molecular complexity index is 2300. The first-order chi connectivity index (χ1) is 22.3. The molecule has 46 heavy (non-hydrogen) atoms. The summed E-state index contributed by atoms with van der Waals surface area (Å²) in [4.78, 5) is 10.6. The average molecular weight is 594 g/mol. The standard InChI is InChI=1S/C43H35N3/c1-42(2)35-15-9-7-13-31(35)33-21-19-29(24-37(33)42)40-44-39(28-18-17-26-11-5-6-12-27(26)23-28)45-41(46-40)30-20-22-34-32-14-8-10-16-36(32)43(3,4)38(34)25-30/h5-25,40H,1-4H3,(H,44,45,46). The van der Waals surface area contributed by atoms with Gasteiger partial charge in [-0.3, -0.25) is 0 Å². The summed E-state index contributed by atoms with van der Waals surface area (Å²) in [6.07, 6.45) is -0.374. The van der Waals surface area contributed by atoms with Gasteiger partial charge in [-0.05, 0) is 73.0 Å². The van der Waals surface area contributed by atoms with Crippen LogP contribution in [-0.4, -0.2) is 11.7 Å². The summed E-state index contributed by atoms with van der Waals surface area (Å²) in [5, 5.41) is 6.08. The largest absolute Gasteiger partial charge is 0.324 e. The highest BCUT2D eigenvalue weighted by molar-refractivity contribution is 6.17. The minimum absolute atomic E-state index is 0.0904. The number of amidine groups is 2. The van der Waals surface area contributed by atoms with Gasteiger partial charge in [0, 0.05) is 22.0 Å². The molecule has 1 aliphatic heterocycles. The van der Waals surface area contributed by atoms with E-state index < -0.39 is 0 Å². The molecule has 3 heteroatoms. The predicted octanol–water partition coefficient (Wildman–Crippen LogP) is 9.95. The summed E-state index contributed by atoms with van der Waals surface area (Å²) in [5.41, 5.74) is 13.7. The van der Waals surface area contributed by atoms with Crippen LogP contribution in [0.2, 0.25) is 0 Å². The Hall–Kier alpha value is -5.28. The minimum Gasteiger partial charge on any atom is -0.324 e. The van der Waals surface area contributed by atoms with Gasteiger partial charge in [0.15, 0.2) is 6.17 Å². The quantitative estimate of drug-likeness (QED) is 0.218. The van der Waals surface area contributed by atoms with Gasteiger partial charge >= 0.3 is 0 Å². The first-order valence-corrected chi connectivity index (χ1v) is 16.2. The van der Waals surface area contributed by atoms with Gasteiger partial charge in [-0.15, -0.1) is 0 Å². The van der Waals surface area contributed by atoms with E-state index in [9.17, 15) is 0 Å². The summed E-state index contributed by atoms with van der Waals surface area (Å²) >= 11 is 0. The van der Waals surface area contributed by atoms with Crippen molar-refractivity contribution in [1.82, 2.24) is 5.32 Å². The lowest BCUT2D eigenvalue weighted by Gasteiger charge is -2.26. The monoisotopic (exact) mass is 593 g/mol. The third-order valence-corrected chi connectivity index (χ3v) is 10.5. The second-order valence-electron chi connectivity index (χ2n) is 13.9. The number of fused-ring (bicyclic) bond motifs is 7. The maximum absolute atomic E-state index is 5.32. The molecule has 0 spiro atoms.